The van der Waals surface area contributed by atoms with E-state index in [4.69, 9.17) is 5.73 Å². The van der Waals surface area contributed by atoms with E-state index in [9.17, 15) is 18.0 Å². The molecule has 1 fully saturated rings. The first-order chi connectivity index (χ1) is 7.08. The molecular weight excluding hydrogens is 221 g/mol. The fraction of sp³-hybridized carbons (Fsp3) is 0.900. The third kappa shape index (κ3) is 4.83. The molecule has 6 heteroatoms. The smallest absolute Gasteiger partial charge is 0.331 e. The summed E-state index contributed by atoms with van der Waals surface area (Å²) in [7, 11) is 0. The maximum Gasteiger partial charge on any atom is 0.406 e. The van der Waals surface area contributed by atoms with E-state index in [2.05, 4.69) is 0 Å². The molecule has 0 aromatic heterocycles. The van der Waals surface area contributed by atoms with E-state index < -0.39 is 24.2 Å². The molecule has 1 aliphatic carbocycles. The molecule has 0 spiro atoms. The summed E-state index contributed by atoms with van der Waals surface area (Å²) in [6, 6.07) is -0.239. The van der Waals surface area contributed by atoms with Crippen LogP contribution in [0.1, 0.15) is 33.1 Å². The molecule has 1 rings (SSSR count). The molecule has 0 aliphatic heterocycles. The minimum Gasteiger partial charge on any atom is -0.331 e. The van der Waals surface area contributed by atoms with Crippen LogP contribution in [0.25, 0.3) is 0 Å². The first-order valence-electron chi connectivity index (χ1n) is 5.23. The van der Waals surface area contributed by atoms with Gasteiger partial charge in [-0.15, -0.1) is 0 Å². The lowest BCUT2D eigenvalue weighted by Gasteiger charge is -2.27. The molecule has 1 amide bonds. The van der Waals surface area contributed by atoms with Crippen LogP contribution in [-0.2, 0) is 4.79 Å². The fourth-order valence-electron chi connectivity index (χ4n) is 1.49. The lowest BCUT2D eigenvalue weighted by Crippen LogP contribution is -2.45. The first kappa shape index (κ1) is 13.3. The average molecular weight is 238 g/mol. The zero-order valence-electron chi connectivity index (χ0n) is 9.47. The first-order valence-corrected chi connectivity index (χ1v) is 5.23. The van der Waals surface area contributed by atoms with Crippen molar-refractivity contribution in [3.8, 4) is 0 Å². The molecule has 0 saturated heterocycles. The Bertz CT molecular complexity index is 266. The quantitative estimate of drug-likeness (QED) is 0.809. The van der Waals surface area contributed by atoms with Gasteiger partial charge in [-0.05, 0) is 26.7 Å². The molecule has 16 heavy (non-hydrogen) atoms. The molecule has 0 bridgehead atoms. The number of alkyl halides is 3. The van der Waals surface area contributed by atoms with Crippen molar-refractivity contribution in [1.82, 2.24) is 4.90 Å². The number of carbonyl (C=O) groups is 1. The standard InChI is InChI=1S/C10H17F3N2O/c1-9(2,14)5-8(16)15(7-3-4-7)6-10(11,12)13/h7H,3-6,14H2,1-2H3. The molecule has 0 atom stereocenters. The number of hydrogen-bond donors (Lipinski definition) is 1. The Morgan fingerprint density at radius 2 is 1.88 bits per heavy atom. The van der Waals surface area contributed by atoms with Gasteiger partial charge in [-0.1, -0.05) is 0 Å². The number of hydrogen-bond acceptors (Lipinski definition) is 2. The highest BCUT2D eigenvalue weighted by Gasteiger charge is 2.41. The van der Waals surface area contributed by atoms with Crippen molar-refractivity contribution in [3.63, 3.8) is 0 Å². The van der Waals surface area contributed by atoms with Gasteiger partial charge < -0.3 is 10.6 Å². The van der Waals surface area contributed by atoms with E-state index >= 15 is 0 Å². The van der Waals surface area contributed by atoms with Crippen molar-refractivity contribution < 1.29 is 18.0 Å². The maximum absolute atomic E-state index is 12.3. The summed E-state index contributed by atoms with van der Waals surface area (Å²) in [4.78, 5) is 12.6. The van der Waals surface area contributed by atoms with Gasteiger partial charge in [-0.2, -0.15) is 13.2 Å². The van der Waals surface area contributed by atoms with E-state index in [-0.39, 0.29) is 12.5 Å². The van der Waals surface area contributed by atoms with Gasteiger partial charge in [0.1, 0.15) is 6.54 Å². The Kier molecular flexibility index (Phi) is 3.52. The SMILES string of the molecule is CC(C)(N)CC(=O)N(CC(F)(F)F)C1CC1. The van der Waals surface area contributed by atoms with Gasteiger partial charge in [0.15, 0.2) is 0 Å². The van der Waals surface area contributed by atoms with Crippen LogP contribution in [0, 0.1) is 0 Å². The van der Waals surface area contributed by atoms with E-state index in [0.717, 1.165) is 4.90 Å². The van der Waals surface area contributed by atoms with Crippen LogP contribution in [-0.4, -0.2) is 35.1 Å². The summed E-state index contributed by atoms with van der Waals surface area (Å²) in [6.07, 6.45) is -3.07. The molecule has 3 nitrogen and oxygen atoms in total. The topological polar surface area (TPSA) is 46.3 Å². The van der Waals surface area contributed by atoms with Gasteiger partial charge in [0.05, 0.1) is 0 Å². The van der Waals surface area contributed by atoms with Gasteiger partial charge in [0.2, 0.25) is 5.91 Å². The Morgan fingerprint density at radius 3 is 2.19 bits per heavy atom. The van der Waals surface area contributed by atoms with Crippen LogP contribution < -0.4 is 5.73 Å². The zero-order chi connectivity index (χ0) is 12.6. The maximum atomic E-state index is 12.3. The number of nitrogens with zero attached hydrogens (tertiary/aromatic N) is 1. The number of carbonyl (C=O) groups excluding carboxylic acids is 1. The van der Waals surface area contributed by atoms with Crippen LogP contribution in [0.5, 0.6) is 0 Å². The molecule has 0 aromatic rings. The van der Waals surface area contributed by atoms with Crippen molar-refractivity contribution >= 4 is 5.91 Å². The Labute approximate surface area is 92.8 Å². The lowest BCUT2D eigenvalue weighted by atomic mass is 10.0. The summed E-state index contributed by atoms with van der Waals surface area (Å²) in [6.45, 7) is 2.10. The third-order valence-electron chi connectivity index (χ3n) is 2.26. The summed E-state index contributed by atoms with van der Waals surface area (Å²) < 4.78 is 36.8. The summed E-state index contributed by atoms with van der Waals surface area (Å²) >= 11 is 0. The van der Waals surface area contributed by atoms with Gasteiger partial charge in [-0.3, -0.25) is 4.79 Å². The molecule has 0 radical (unpaired) electrons. The minimum atomic E-state index is -4.34. The molecular formula is C10H17F3N2O. The van der Waals surface area contributed by atoms with Crippen LogP contribution in [0.2, 0.25) is 0 Å². The van der Waals surface area contributed by atoms with E-state index in [1.54, 1.807) is 13.8 Å². The highest BCUT2D eigenvalue weighted by atomic mass is 19.4. The minimum absolute atomic E-state index is 0.0560. The largest absolute Gasteiger partial charge is 0.406 e. The van der Waals surface area contributed by atoms with Crippen molar-refractivity contribution in [2.45, 2.75) is 50.9 Å². The normalized spacial score (nSPS) is 17.4. The van der Waals surface area contributed by atoms with E-state index in [1.165, 1.54) is 0 Å². The predicted molar refractivity (Wildman–Crippen MR) is 53.7 cm³/mol. The lowest BCUT2D eigenvalue weighted by molar-refractivity contribution is -0.163. The third-order valence-corrected chi connectivity index (χ3v) is 2.26. The van der Waals surface area contributed by atoms with Crippen molar-refractivity contribution in [2.75, 3.05) is 6.54 Å². The summed E-state index contributed by atoms with van der Waals surface area (Å²) in [5.41, 5.74) is 4.86. The second-order valence-electron chi connectivity index (χ2n) is 5.03. The fourth-order valence-corrected chi connectivity index (χ4v) is 1.49. The molecule has 0 heterocycles. The second kappa shape index (κ2) is 4.24. The molecule has 94 valence electrons. The number of halogens is 3. The van der Waals surface area contributed by atoms with E-state index in [1.807, 2.05) is 0 Å². The molecule has 0 aromatic carbocycles. The molecule has 1 aliphatic rings. The summed E-state index contributed by atoms with van der Waals surface area (Å²) in [5, 5.41) is 0. The zero-order valence-corrected chi connectivity index (χ0v) is 9.47. The van der Waals surface area contributed by atoms with Gasteiger partial charge in [-0.25, -0.2) is 0 Å². The molecule has 0 unspecified atom stereocenters. The van der Waals surface area contributed by atoms with Gasteiger partial charge in [0.25, 0.3) is 0 Å². The Hall–Kier alpha value is -0.780. The number of amides is 1. The Balaban J connectivity index is 2.60. The van der Waals surface area contributed by atoms with Crippen LogP contribution in [0.4, 0.5) is 13.2 Å². The van der Waals surface area contributed by atoms with Crippen molar-refractivity contribution in [1.29, 1.82) is 0 Å². The van der Waals surface area contributed by atoms with Crippen LogP contribution in [0.15, 0.2) is 0 Å². The second-order valence-corrected chi connectivity index (χ2v) is 5.03. The van der Waals surface area contributed by atoms with E-state index in [0.29, 0.717) is 12.8 Å². The monoisotopic (exact) mass is 238 g/mol. The van der Waals surface area contributed by atoms with Crippen LogP contribution >= 0.6 is 0 Å². The van der Waals surface area contributed by atoms with Gasteiger partial charge >= 0.3 is 6.18 Å². The average Bonchev–Trinajstić information content (AvgIpc) is 2.76. The number of nitrogens with two attached hydrogens (primary N) is 1. The molecule has 2 N–H and O–H groups in total. The number of rotatable bonds is 4. The predicted octanol–water partition coefficient (Wildman–Crippen LogP) is 1.67. The highest BCUT2D eigenvalue weighted by molar-refractivity contribution is 5.78. The van der Waals surface area contributed by atoms with Gasteiger partial charge in [0, 0.05) is 18.0 Å². The highest BCUT2D eigenvalue weighted by Crippen LogP contribution is 2.31. The summed E-state index contributed by atoms with van der Waals surface area (Å²) in [5.74, 6) is -0.507. The van der Waals surface area contributed by atoms with Crippen LogP contribution in [0.3, 0.4) is 0 Å². The molecule has 1 saturated carbocycles. The van der Waals surface area contributed by atoms with Crippen molar-refractivity contribution in [2.24, 2.45) is 5.73 Å². The van der Waals surface area contributed by atoms with Crippen molar-refractivity contribution in [3.05, 3.63) is 0 Å². The Morgan fingerprint density at radius 1 is 1.38 bits per heavy atom.